The highest BCUT2D eigenvalue weighted by atomic mass is 32.1. The fourth-order valence-corrected chi connectivity index (χ4v) is 3.45. The molecule has 4 rings (SSSR count). The molecule has 1 aliphatic rings. The Hall–Kier alpha value is -2.74. The van der Waals surface area contributed by atoms with Crippen molar-refractivity contribution in [3.8, 4) is 0 Å². The Labute approximate surface area is 154 Å². The number of nitrogens with one attached hydrogen (secondary N) is 2. The lowest BCUT2D eigenvalue weighted by molar-refractivity contribution is -0.122. The van der Waals surface area contributed by atoms with Crippen LogP contribution in [0, 0.1) is 5.92 Å². The zero-order valence-electron chi connectivity index (χ0n) is 14.3. The number of imidazole rings is 1. The monoisotopic (exact) mass is 369 g/mol. The molecule has 0 spiro atoms. The van der Waals surface area contributed by atoms with Crippen molar-refractivity contribution in [2.24, 2.45) is 5.92 Å². The van der Waals surface area contributed by atoms with E-state index in [0.29, 0.717) is 11.3 Å². The number of benzene rings is 1. The van der Waals surface area contributed by atoms with Gasteiger partial charge in [0.2, 0.25) is 10.9 Å². The van der Waals surface area contributed by atoms with Crippen molar-refractivity contribution in [1.29, 1.82) is 0 Å². The van der Waals surface area contributed by atoms with Gasteiger partial charge < -0.3 is 10.6 Å². The molecule has 2 N–H and O–H groups in total. The Bertz CT molecular complexity index is 914. The fourth-order valence-electron chi connectivity index (χ4n) is 2.84. The minimum Gasteiger partial charge on any atom is -0.344 e. The number of amides is 2. The average molecular weight is 369 g/mol. The summed E-state index contributed by atoms with van der Waals surface area (Å²) < 4.78 is 1.70. The molecule has 0 saturated heterocycles. The second-order valence-corrected chi connectivity index (χ2v) is 7.33. The molecular formula is C18H19N5O2S. The van der Waals surface area contributed by atoms with Crippen LogP contribution < -0.4 is 10.6 Å². The van der Waals surface area contributed by atoms with E-state index in [1.165, 1.54) is 11.3 Å². The molecule has 2 heterocycles. The summed E-state index contributed by atoms with van der Waals surface area (Å²) >= 11 is 1.45. The summed E-state index contributed by atoms with van der Waals surface area (Å²) in [5, 5.41) is 9.97. The smallest absolute Gasteiger partial charge is 0.251 e. The van der Waals surface area contributed by atoms with Gasteiger partial charge in [0, 0.05) is 17.2 Å². The fraction of sp³-hybridized carbons (Fsp3) is 0.333. The average Bonchev–Trinajstić information content (AvgIpc) is 3.15. The second kappa shape index (κ2) is 6.87. The lowest BCUT2D eigenvalue weighted by atomic mass is 9.85. The van der Waals surface area contributed by atoms with Crippen LogP contribution in [-0.4, -0.2) is 26.4 Å². The van der Waals surface area contributed by atoms with E-state index in [0.717, 1.165) is 29.9 Å². The van der Waals surface area contributed by atoms with Gasteiger partial charge in [-0.2, -0.15) is 5.10 Å². The maximum Gasteiger partial charge on any atom is 0.251 e. The van der Waals surface area contributed by atoms with Crippen LogP contribution in [0.3, 0.4) is 0 Å². The minimum absolute atomic E-state index is 0.0652. The molecule has 1 aliphatic carbocycles. The van der Waals surface area contributed by atoms with E-state index in [1.807, 2.05) is 13.1 Å². The number of carbonyl (C=O) groups is 2. The number of anilines is 1. The van der Waals surface area contributed by atoms with Crippen molar-refractivity contribution < 1.29 is 9.59 Å². The number of hydrogen-bond acceptors (Lipinski definition) is 5. The van der Waals surface area contributed by atoms with E-state index in [2.05, 4.69) is 20.7 Å². The maximum atomic E-state index is 12.4. The highest BCUT2D eigenvalue weighted by molar-refractivity contribution is 7.14. The molecule has 3 aromatic rings. The second-order valence-electron chi connectivity index (χ2n) is 6.52. The number of carbonyl (C=O) groups excluding carboxylic acids is 2. The summed E-state index contributed by atoms with van der Waals surface area (Å²) in [5.41, 5.74) is 3.74. The molecule has 1 aromatic carbocycles. The van der Waals surface area contributed by atoms with Gasteiger partial charge in [-0.15, -0.1) is 0 Å². The van der Waals surface area contributed by atoms with E-state index < -0.39 is 0 Å². The van der Waals surface area contributed by atoms with Crippen molar-refractivity contribution in [1.82, 2.24) is 19.9 Å². The maximum absolute atomic E-state index is 12.4. The Balaban J connectivity index is 1.37. The predicted octanol–water partition coefficient (Wildman–Crippen LogP) is 3.02. The first-order valence-electron chi connectivity index (χ1n) is 8.61. The predicted molar refractivity (Wildman–Crippen MR) is 99.2 cm³/mol. The van der Waals surface area contributed by atoms with E-state index in [9.17, 15) is 9.59 Å². The summed E-state index contributed by atoms with van der Waals surface area (Å²) in [6.45, 7) is 1.89. The molecule has 1 unspecified atom stereocenters. The van der Waals surface area contributed by atoms with Crippen LogP contribution in [0.25, 0.3) is 4.96 Å². The first-order valence-corrected chi connectivity index (χ1v) is 9.48. The van der Waals surface area contributed by atoms with Crippen molar-refractivity contribution in [2.45, 2.75) is 32.2 Å². The third kappa shape index (κ3) is 3.32. The van der Waals surface area contributed by atoms with Gasteiger partial charge in [-0.3, -0.25) is 9.59 Å². The van der Waals surface area contributed by atoms with Crippen LogP contribution in [0.2, 0.25) is 0 Å². The van der Waals surface area contributed by atoms with E-state index in [-0.39, 0.29) is 23.8 Å². The lowest BCUT2D eigenvalue weighted by Gasteiger charge is -2.24. The van der Waals surface area contributed by atoms with Gasteiger partial charge in [-0.25, -0.2) is 9.50 Å². The van der Waals surface area contributed by atoms with Gasteiger partial charge >= 0.3 is 0 Å². The van der Waals surface area contributed by atoms with Crippen molar-refractivity contribution in [2.75, 3.05) is 5.32 Å². The number of nitrogens with zero attached hydrogens (tertiary/aromatic N) is 3. The Morgan fingerprint density at radius 2 is 2.04 bits per heavy atom. The summed E-state index contributed by atoms with van der Waals surface area (Å²) in [6.07, 6.45) is 4.87. The van der Waals surface area contributed by atoms with Gasteiger partial charge in [-0.05, 0) is 44.0 Å². The summed E-state index contributed by atoms with van der Waals surface area (Å²) in [4.78, 5) is 29.6. The first kappa shape index (κ1) is 16.7. The van der Waals surface area contributed by atoms with Crippen LogP contribution in [0.1, 0.15) is 48.3 Å². The summed E-state index contributed by atoms with van der Waals surface area (Å²) in [5.74, 6) is 0.0204. The zero-order chi connectivity index (χ0) is 18.1. The Morgan fingerprint density at radius 1 is 1.27 bits per heavy atom. The van der Waals surface area contributed by atoms with E-state index in [1.54, 1.807) is 34.3 Å². The molecule has 26 heavy (non-hydrogen) atoms. The highest BCUT2D eigenvalue weighted by Crippen LogP contribution is 2.27. The SMILES string of the molecule is CC(NC(=O)c1ccc(NC(=O)C2CCC2)cc1)c1cn2ncsc2n1. The van der Waals surface area contributed by atoms with E-state index in [4.69, 9.17) is 0 Å². The molecule has 7 nitrogen and oxygen atoms in total. The molecule has 1 fully saturated rings. The Kier molecular flexibility index (Phi) is 4.42. The largest absolute Gasteiger partial charge is 0.344 e. The van der Waals surface area contributed by atoms with Crippen molar-refractivity contribution >= 4 is 33.8 Å². The van der Waals surface area contributed by atoms with Crippen LogP contribution in [0.4, 0.5) is 5.69 Å². The molecule has 1 atom stereocenters. The highest BCUT2D eigenvalue weighted by Gasteiger charge is 2.25. The van der Waals surface area contributed by atoms with Crippen molar-refractivity contribution in [3.63, 3.8) is 0 Å². The topological polar surface area (TPSA) is 88.4 Å². The minimum atomic E-state index is -0.227. The van der Waals surface area contributed by atoms with Gasteiger partial charge in [-0.1, -0.05) is 17.8 Å². The quantitative estimate of drug-likeness (QED) is 0.723. The number of fused-ring (bicyclic) bond motifs is 1. The summed E-state index contributed by atoms with van der Waals surface area (Å²) in [6, 6.07) is 6.71. The molecule has 0 aliphatic heterocycles. The number of rotatable bonds is 5. The third-order valence-corrected chi connectivity index (χ3v) is 5.38. The Morgan fingerprint density at radius 3 is 2.69 bits per heavy atom. The van der Waals surface area contributed by atoms with Gasteiger partial charge in [0.15, 0.2) is 0 Å². The standard InChI is InChI=1S/C18H19N5O2S/c1-11(15-9-23-18(22-15)26-10-19-23)20-16(24)13-5-7-14(8-6-13)21-17(25)12-3-2-4-12/h5-12H,2-4H2,1H3,(H,20,24)(H,21,25). The molecular weight excluding hydrogens is 350 g/mol. The zero-order valence-corrected chi connectivity index (χ0v) is 15.1. The lowest BCUT2D eigenvalue weighted by Crippen LogP contribution is -2.28. The molecule has 134 valence electrons. The van der Waals surface area contributed by atoms with Gasteiger partial charge in [0.05, 0.1) is 17.9 Å². The summed E-state index contributed by atoms with van der Waals surface area (Å²) in [7, 11) is 0. The molecule has 0 radical (unpaired) electrons. The molecule has 2 aromatic heterocycles. The number of hydrogen-bond donors (Lipinski definition) is 2. The van der Waals surface area contributed by atoms with Crippen molar-refractivity contribution in [3.05, 3.63) is 47.2 Å². The van der Waals surface area contributed by atoms with Gasteiger partial charge in [0.25, 0.3) is 5.91 Å². The van der Waals surface area contributed by atoms with Crippen LogP contribution in [0.15, 0.2) is 36.0 Å². The van der Waals surface area contributed by atoms with E-state index >= 15 is 0 Å². The van der Waals surface area contributed by atoms with Crippen LogP contribution in [0.5, 0.6) is 0 Å². The molecule has 8 heteroatoms. The first-order chi connectivity index (χ1) is 12.6. The van der Waals surface area contributed by atoms with Crippen LogP contribution in [-0.2, 0) is 4.79 Å². The normalized spacial score (nSPS) is 15.4. The molecule has 1 saturated carbocycles. The van der Waals surface area contributed by atoms with Gasteiger partial charge in [0.1, 0.15) is 5.51 Å². The van der Waals surface area contributed by atoms with Crippen LogP contribution >= 0.6 is 11.3 Å². The number of aromatic nitrogens is 3. The third-order valence-electron chi connectivity index (χ3n) is 4.69. The molecule has 0 bridgehead atoms. The molecule has 2 amide bonds.